The van der Waals surface area contributed by atoms with Gasteiger partial charge in [-0.15, -0.1) is 0 Å². The lowest BCUT2D eigenvalue weighted by molar-refractivity contribution is -0.128. The molecule has 1 saturated carbocycles. The predicted molar refractivity (Wildman–Crippen MR) is 83.2 cm³/mol. The molecule has 0 spiro atoms. The van der Waals surface area contributed by atoms with Crippen LogP contribution in [0.4, 0.5) is 5.69 Å². The number of nitrogens with one attached hydrogen (secondary N) is 1. The standard InChI is InChI=1S/C17H16N4O/c18-9-11-7-16(14-3-1-2-4-15(14)19-11)20-12-8-17(22)21(10-12)13-5-6-13/h1-4,7,12-13H,5-6,8,10H2,(H,19,20). The number of nitrogens with zero attached hydrogens (tertiary/aromatic N) is 3. The number of para-hydroxylation sites is 1. The molecule has 0 bridgehead atoms. The molecule has 1 aromatic carbocycles. The number of anilines is 1. The van der Waals surface area contributed by atoms with Gasteiger partial charge in [-0.2, -0.15) is 5.26 Å². The Labute approximate surface area is 128 Å². The van der Waals surface area contributed by atoms with E-state index in [2.05, 4.69) is 16.4 Å². The third kappa shape index (κ3) is 2.27. The topological polar surface area (TPSA) is 69.0 Å². The van der Waals surface area contributed by atoms with Gasteiger partial charge in [-0.3, -0.25) is 4.79 Å². The highest BCUT2D eigenvalue weighted by molar-refractivity contribution is 5.92. The van der Waals surface area contributed by atoms with E-state index in [1.54, 1.807) is 6.07 Å². The number of hydrogen-bond donors (Lipinski definition) is 1. The van der Waals surface area contributed by atoms with Crippen LogP contribution in [0.3, 0.4) is 0 Å². The summed E-state index contributed by atoms with van der Waals surface area (Å²) >= 11 is 0. The molecule has 2 heterocycles. The third-order valence-corrected chi connectivity index (χ3v) is 4.34. The minimum Gasteiger partial charge on any atom is -0.379 e. The number of rotatable bonds is 3. The summed E-state index contributed by atoms with van der Waals surface area (Å²) in [6.45, 7) is 0.752. The van der Waals surface area contributed by atoms with Gasteiger partial charge in [-0.25, -0.2) is 4.98 Å². The third-order valence-electron chi connectivity index (χ3n) is 4.34. The van der Waals surface area contributed by atoms with E-state index in [0.717, 1.165) is 36.0 Å². The lowest BCUT2D eigenvalue weighted by atomic mass is 10.1. The Morgan fingerprint density at radius 1 is 1.32 bits per heavy atom. The Morgan fingerprint density at radius 2 is 2.14 bits per heavy atom. The molecule has 5 nitrogen and oxygen atoms in total. The van der Waals surface area contributed by atoms with Crippen LogP contribution in [-0.2, 0) is 4.79 Å². The fourth-order valence-corrected chi connectivity index (χ4v) is 3.14. The van der Waals surface area contributed by atoms with Gasteiger partial charge in [-0.1, -0.05) is 18.2 Å². The molecule has 1 aromatic heterocycles. The first kappa shape index (κ1) is 13.1. The van der Waals surface area contributed by atoms with Crippen LogP contribution in [0.1, 0.15) is 25.0 Å². The number of fused-ring (bicyclic) bond motifs is 1. The number of benzene rings is 1. The van der Waals surface area contributed by atoms with Gasteiger partial charge in [-0.05, 0) is 25.0 Å². The zero-order chi connectivity index (χ0) is 15.1. The summed E-state index contributed by atoms with van der Waals surface area (Å²) in [5.41, 5.74) is 2.08. The fourth-order valence-electron chi connectivity index (χ4n) is 3.14. The van der Waals surface area contributed by atoms with E-state index in [9.17, 15) is 4.79 Å². The van der Waals surface area contributed by atoms with Gasteiger partial charge in [0.15, 0.2) is 0 Å². The van der Waals surface area contributed by atoms with Crippen molar-refractivity contribution >= 4 is 22.5 Å². The smallest absolute Gasteiger partial charge is 0.225 e. The Bertz CT molecular complexity index is 791. The summed E-state index contributed by atoms with van der Waals surface area (Å²) in [7, 11) is 0. The number of aromatic nitrogens is 1. The number of amides is 1. The molecule has 1 unspecified atom stereocenters. The van der Waals surface area contributed by atoms with Crippen LogP contribution >= 0.6 is 0 Å². The van der Waals surface area contributed by atoms with Crippen molar-refractivity contribution in [3.63, 3.8) is 0 Å². The van der Waals surface area contributed by atoms with Crippen molar-refractivity contribution < 1.29 is 4.79 Å². The molecule has 1 atom stereocenters. The first-order valence-corrected chi connectivity index (χ1v) is 7.60. The molecule has 22 heavy (non-hydrogen) atoms. The number of hydrogen-bond acceptors (Lipinski definition) is 4. The van der Waals surface area contributed by atoms with E-state index < -0.39 is 0 Å². The van der Waals surface area contributed by atoms with E-state index in [4.69, 9.17) is 5.26 Å². The van der Waals surface area contributed by atoms with Gasteiger partial charge in [0.2, 0.25) is 5.91 Å². The quantitative estimate of drug-likeness (QED) is 0.942. The van der Waals surface area contributed by atoms with Crippen LogP contribution in [-0.4, -0.2) is 34.4 Å². The lowest BCUT2D eigenvalue weighted by Gasteiger charge is -2.18. The predicted octanol–water partition coefficient (Wildman–Crippen LogP) is 2.28. The van der Waals surface area contributed by atoms with E-state index in [1.807, 2.05) is 29.2 Å². The number of nitriles is 1. The van der Waals surface area contributed by atoms with Crippen molar-refractivity contribution in [1.29, 1.82) is 5.26 Å². The highest BCUT2D eigenvalue weighted by atomic mass is 16.2. The molecule has 110 valence electrons. The Balaban J connectivity index is 1.64. The van der Waals surface area contributed by atoms with Crippen molar-refractivity contribution in [2.24, 2.45) is 0 Å². The van der Waals surface area contributed by atoms with E-state index in [1.165, 1.54) is 0 Å². The van der Waals surface area contributed by atoms with Gasteiger partial charge in [0.05, 0.1) is 11.6 Å². The summed E-state index contributed by atoms with van der Waals surface area (Å²) < 4.78 is 0. The normalized spacial score (nSPS) is 21.1. The Kier molecular flexibility index (Phi) is 2.97. The van der Waals surface area contributed by atoms with Gasteiger partial charge >= 0.3 is 0 Å². The van der Waals surface area contributed by atoms with Gasteiger partial charge in [0, 0.05) is 30.1 Å². The number of carbonyl (C=O) groups is 1. The average Bonchev–Trinajstić information content (AvgIpc) is 3.31. The zero-order valence-electron chi connectivity index (χ0n) is 12.1. The van der Waals surface area contributed by atoms with Crippen molar-refractivity contribution in [3.8, 4) is 6.07 Å². The van der Waals surface area contributed by atoms with Crippen LogP contribution in [0.5, 0.6) is 0 Å². The highest BCUT2D eigenvalue weighted by Crippen LogP contribution is 2.32. The highest BCUT2D eigenvalue weighted by Gasteiger charge is 2.39. The molecule has 1 amide bonds. The maximum Gasteiger partial charge on any atom is 0.225 e. The number of carbonyl (C=O) groups excluding carboxylic acids is 1. The SMILES string of the molecule is N#Cc1cc(NC2CC(=O)N(C3CC3)C2)c2ccccc2n1. The largest absolute Gasteiger partial charge is 0.379 e. The molecule has 1 saturated heterocycles. The first-order chi connectivity index (χ1) is 10.7. The molecule has 5 heteroatoms. The van der Waals surface area contributed by atoms with Crippen LogP contribution in [0.25, 0.3) is 10.9 Å². The second-order valence-corrected chi connectivity index (χ2v) is 6.01. The second kappa shape index (κ2) is 4.99. The molecular formula is C17H16N4O. The molecule has 2 fully saturated rings. The summed E-state index contributed by atoms with van der Waals surface area (Å²) in [6, 6.07) is 12.2. The maximum atomic E-state index is 12.1. The van der Waals surface area contributed by atoms with E-state index in [-0.39, 0.29) is 11.9 Å². The van der Waals surface area contributed by atoms with Gasteiger partial charge in [0.25, 0.3) is 0 Å². The van der Waals surface area contributed by atoms with Crippen molar-refractivity contribution in [2.75, 3.05) is 11.9 Å². The summed E-state index contributed by atoms with van der Waals surface area (Å²) in [5, 5.41) is 13.6. The van der Waals surface area contributed by atoms with E-state index >= 15 is 0 Å². The van der Waals surface area contributed by atoms with Crippen LogP contribution in [0, 0.1) is 11.3 Å². The van der Waals surface area contributed by atoms with E-state index in [0.29, 0.717) is 18.2 Å². The van der Waals surface area contributed by atoms with Gasteiger partial charge < -0.3 is 10.2 Å². The minimum absolute atomic E-state index is 0.102. The molecular weight excluding hydrogens is 276 g/mol. The number of pyridine rings is 1. The molecule has 2 aromatic rings. The monoisotopic (exact) mass is 292 g/mol. The minimum atomic E-state index is 0.102. The summed E-state index contributed by atoms with van der Waals surface area (Å²) in [5.74, 6) is 0.235. The van der Waals surface area contributed by atoms with Crippen LogP contribution in [0.15, 0.2) is 30.3 Å². The average molecular weight is 292 g/mol. The molecule has 1 aliphatic heterocycles. The molecule has 4 rings (SSSR count). The van der Waals surface area contributed by atoms with Gasteiger partial charge in [0.1, 0.15) is 11.8 Å². The van der Waals surface area contributed by atoms with Crippen molar-refractivity contribution in [1.82, 2.24) is 9.88 Å². The molecule has 1 N–H and O–H groups in total. The molecule has 0 radical (unpaired) electrons. The zero-order valence-corrected chi connectivity index (χ0v) is 12.1. The summed E-state index contributed by atoms with van der Waals surface area (Å²) in [4.78, 5) is 18.4. The summed E-state index contributed by atoms with van der Waals surface area (Å²) in [6.07, 6.45) is 2.79. The van der Waals surface area contributed by atoms with Crippen molar-refractivity contribution in [3.05, 3.63) is 36.0 Å². The Morgan fingerprint density at radius 3 is 2.91 bits per heavy atom. The number of likely N-dealkylation sites (tertiary alicyclic amines) is 1. The van der Waals surface area contributed by atoms with Crippen molar-refractivity contribution in [2.45, 2.75) is 31.3 Å². The van der Waals surface area contributed by atoms with Crippen LogP contribution in [0.2, 0.25) is 0 Å². The lowest BCUT2D eigenvalue weighted by Crippen LogP contribution is -2.29. The second-order valence-electron chi connectivity index (χ2n) is 6.01. The van der Waals surface area contributed by atoms with Crippen LogP contribution < -0.4 is 5.32 Å². The fraction of sp³-hybridized carbons (Fsp3) is 0.353. The maximum absolute atomic E-state index is 12.1. The Hall–Kier alpha value is -2.61. The molecule has 1 aliphatic carbocycles. The first-order valence-electron chi connectivity index (χ1n) is 7.60. The molecule has 2 aliphatic rings.